The van der Waals surface area contributed by atoms with Crippen molar-refractivity contribution in [3.05, 3.63) is 71.0 Å². The number of hydrogen-bond donors (Lipinski definition) is 3. The number of halogens is 1. The van der Waals surface area contributed by atoms with E-state index in [0.29, 0.717) is 17.1 Å². The van der Waals surface area contributed by atoms with E-state index >= 15 is 0 Å². The third-order valence-corrected chi connectivity index (χ3v) is 3.97. The number of nitrogens with zero attached hydrogens (tertiary/aromatic N) is 2. The molecule has 1 aromatic heterocycles. The molecular weight excluding hydrogens is 354 g/mol. The molecule has 0 bridgehead atoms. The van der Waals surface area contributed by atoms with Gasteiger partial charge in [0.15, 0.2) is 0 Å². The number of hydrogen-bond acceptors (Lipinski definition) is 3. The highest BCUT2D eigenvalue weighted by Crippen LogP contribution is 2.25. The lowest BCUT2D eigenvalue weighted by Crippen LogP contribution is -2.19. The molecule has 0 unspecified atom stereocenters. The molecule has 3 aromatic rings. The van der Waals surface area contributed by atoms with Gasteiger partial charge in [0.1, 0.15) is 10.7 Å². The van der Waals surface area contributed by atoms with Crippen LogP contribution in [0.25, 0.3) is 5.69 Å². The maximum atomic E-state index is 12.7. The Bertz CT molecular complexity index is 969. The molecule has 0 radical (unpaired) electrons. The predicted octanol–water partition coefficient (Wildman–Crippen LogP) is 3.58. The van der Waals surface area contributed by atoms with Gasteiger partial charge >= 0.3 is 6.03 Å². The summed E-state index contributed by atoms with van der Waals surface area (Å²) in [6, 6.07) is 15.2. The van der Waals surface area contributed by atoms with Crippen LogP contribution in [-0.2, 0) is 0 Å². The van der Waals surface area contributed by atoms with E-state index in [1.54, 1.807) is 31.2 Å². The molecule has 1 heterocycles. The number of urea groups is 1. The van der Waals surface area contributed by atoms with Gasteiger partial charge in [0, 0.05) is 11.4 Å². The summed E-state index contributed by atoms with van der Waals surface area (Å²) < 4.78 is 1.51. The van der Waals surface area contributed by atoms with Gasteiger partial charge in [0.25, 0.3) is 5.91 Å². The van der Waals surface area contributed by atoms with Crippen molar-refractivity contribution in [1.82, 2.24) is 9.78 Å². The van der Waals surface area contributed by atoms with Crippen LogP contribution in [0.15, 0.2) is 54.6 Å². The molecule has 26 heavy (non-hydrogen) atoms. The minimum absolute atomic E-state index is 0.220. The molecule has 3 amide bonds. The van der Waals surface area contributed by atoms with E-state index in [1.807, 2.05) is 30.3 Å². The summed E-state index contributed by atoms with van der Waals surface area (Å²) >= 11 is 6.39. The van der Waals surface area contributed by atoms with Crippen LogP contribution < -0.4 is 16.4 Å². The van der Waals surface area contributed by atoms with Gasteiger partial charge in [-0.2, -0.15) is 5.10 Å². The minimum atomic E-state index is -0.684. The maximum absolute atomic E-state index is 12.7. The summed E-state index contributed by atoms with van der Waals surface area (Å²) in [6.07, 6.45) is 0. The second-order valence-electron chi connectivity index (χ2n) is 5.52. The van der Waals surface area contributed by atoms with Crippen LogP contribution in [0.5, 0.6) is 0 Å². The SMILES string of the molecule is Cc1nn(-c2ccccc2)c(Cl)c1C(=O)Nc1cccc(NC(N)=O)c1. The van der Waals surface area contributed by atoms with Gasteiger partial charge in [-0.3, -0.25) is 4.79 Å². The van der Waals surface area contributed by atoms with Gasteiger partial charge in [0.2, 0.25) is 0 Å². The monoisotopic (exact) mass is 369 g/mol. The molecule has 0 saturated carbocycles. The number of nitrogens with one attached hydrogen (secondary N) is 2. The first kappa shape index (κ1) is 17.5. The third kappa shape index (κ3) is 3.68. The van der Waals surface area contributed by atoms with Gasteiger partial charge in [-0.05, 0) is 37.3 Å². The highest BCUT2D eigenvalue weighted by Gasteiger charge is 2.21. The molecule has 0 fully saturated rings. The van der Waals surface area contributed by atoms with Crippen LogP contribution in [0, 0.1) is 6.92 Å². The molecule has 7 nitrogen and oxygen atoms in total. The van der Waals surface area contributed by atoms with Gasteiger partial charge in [-0.15, -0.1) is 0 Å². The number of carbonyl (C=O) groups excluding carboxylic acids is 2. The van der Waals surface area contributed by atoms with Crippen molar-refractivity contribution in [3.63, 3.8) is 0 Å². The lowest BCUT2D eigenvalue weighted by Gasteiger charge is -2.08. The summed E-state index contributed by atoms with van der Waals surface area (Å²) in [7, 11) is 0. The van der Waals surface area contributed by atoms with Crippen molar-refractivity contribution in [3.8, 4) is 5.69 Å². The normalized spacial score (nSPS) is 10.4. The van der Waals surface area contributed by atoms with E-state index in [2.05, 4.69) is 15.7 Å². The number of primary amides is 1. The molecule has 0 atom stereocenters. The van der Waals surface area contributed by atoms with Gasteiger partial charge in [-0.1, -0.05) is 35.9 Å². The predicted molar refractivity (Wildman–Crippen MR) is 101 cm³/mol. The van der Waals surface area contributed by atoms with Crippen LogP contribution >= 0.6 is 11.6 Å². The van der Waals surface area contributed by atoms with Crippen LogP contribution in [-0.4, -0.2) is 21.7 Å². The molecule has 3 rings (SSSR count). The van der Waals surface area contributed by atoms with E-state index in [0.717, 1.165) is 5.69 Å². The van der Waals surface area contributed by atoms with Crippen LogP contribution in [0.4, 0.5) is 16.2 Å². The molecule has 132 valence electrons. The quantitative estimate of drug-likeness (QED) is 0.655. The Labute approximate surface area is 154 Å². The number of aromatic nitrogens is 2. The molecule has 0 aliphatic carbocycles. The average Bonchev–Trinajstić information content (AvgIpc) is 2.90. The zero-order valence-electron chi connectivity index (χ0n) is 13.9. The first-order valence-corrected chi connectivity index (χ1v) is 8.12. The molecule has 8 heteroatoms. The summed E-state index contributed by atoms with van der Waals surface area (Å²) in [6.45, 7) is 1.71. The molecule has 0 spiro atoms. The zero-order chi connectivity index (χ0) is 18.7. The van der Waals surface area contributed by atoms with Crippen molar-refractivity contribution in [1.29, 1.82) is 0 Å². The Morgan fingerprint density at radius 2 is 1.69 bits per heavy atom. The fraction of sp³-hybridized carbons (Fsp3) is 0.0556. The lowest BCUT2D eigenvalue weighted by atomic mass is 10.2. The topological polar surface area (TPSA) is 102 Å². The number of aryl methyl sites for hydroxylation is 1. The van der Waals surface area contributed by atoms with Crippen molar-refractivity contribution >= 4 is 34.9 Å². The first-order chi connectivity index (χ1) is 12.5. The van der Waals surface area contributed by atoms with E-state index in [-0.39, 0.29) is 10.7 Å². The van der Waals surface area contributed by atoms with Crippen molar-refractivity contribution in [2.45, 2.75) is 6.92 Å². The molecule has 2 aromatic carbocycles. The van der Waals surface area contributed by atoms with E-state index in [9.17, 15) is 9.59 Å². The first-order valence-electron chi connectivity index (χ1n) is 7.74. The standard InChI is InChI=1S/C18H16ClN5O2/c1-11-15(16(19)24(23-11)14-8-3-2-4-9-14)17(25)21-12-6-5-7-13(10-12)22-18(20)26/h2-10H,1H3,(H,21,25)(H3,20,22,26). The minimum Gasteiger partial charge on any atom is -0.351 e. The number of para-hydroxylation sites is 1. The Hall–Kier alpha value is -3.32. The maximum Gasteiger partial charge on any atom is 0.316 e. The third-order valence-electron chi connectivity index (χ3n) is 3.62. The molecule has 0 saturated heterocycles. The summed E-state index contributed by atoms with van der Waals surface area (Å²) in [5.74, 6) is -0.397. The highest BCUT2D eigenvalue weighted by atomic mass is 35.5. The number of carbonyl (C=O) groups is 2. The number of anilines is 2. The van der Waals surface area contributed by atoms with E-state index in [4.69, 9.17) is 17.3 Å². The summed E-state index contributed by atoms with van der Waals surface area (Å²) in [4.78, 5) is 23.6. The Kier molecular flexibility index (Phi) is 4.90. The van der Waals surface area contributed by atoms with Gasteiger partial charge < -0.3 is 16.4 Å². The number of benzene rings is 2. The smallest absolute Gasteiger partial charge is 0.316 e. The fourth-order valence-corrected chi connectivity index (χ4v) is 2.87. The Morgan fingerprint density at radius 1 is 1.04 bits per heavy atom. The summed E-state index contributed by atoms with van der Waals surface area (Å²) in [5.41, 5.74) is 7.60. The summed E-state index contributed by atoms with van der Waals surface area (Å²) in [5, 5.41) is 9.77. The van der Waals surface area contributed by atoms with E-state index in [1.165, 1.54) is 4.68 Å². The van der Waals surface area contributed by atoms with Crippen LogP contribution in [0.3, 0.4) is 0 Å². The Morgan fingerprint density at radius 3 is 2.35 bits per heavy atom. The van der Waals surface area contributed by atoms with Crippen LogP contribution in [0.2, 0.25) is 5.15 Å². The van der Waals surface area contributed by atoms with Crippen LogP contribution in [0.1, 0.15) is 16.1 Å². The Balaban J connectivity index is 1.87. The fourth-order valence-electron chi connectivity index (χ4n) is 2.51. The lowest BCUT2D eigenvalue weighted by molar-refractivity contribution is 0.102. The van der Waals surface area contributed by atoms with Crippen molar-refractivity contribution in [2.24, 2.45) is 5.73 Å². The molecular formula is C18H16ClN5O2. The van der Waals surface area contributed by atoms with E-state index < -0.39 is 11.9 Å². The van der Waals surface area contributed by atoms with Gasteiger partial charge in [-0.25, -0.2) is 9.48 Å². The molecule has 4 N–H and O–H groups in total. The average molecular weight is 370 g/mol. The molecule has 0 aliphatic rings. The second-order valence-corrected chi connectivity index (χ2v) is 5.88. The zero-order valence-corrected chi connectivity index (χ0v) is 14.6. The van der Waals surface area contributed by atoms with Crippen molar-refractivity contribution in [2.75, 3.05) is 10.6 Å². The van der Waals surface area contributed by atoms with Gasteiger partial charge in [0.05, 0.1) is 11.4 Å². The molecule has 0 aliphatic heterocycles. The largest absolute Gasteiger partial charge is 0.351 e. The van der Waals surface area contributed by atoms with Crippen molar-refractivity contribution < 1.29 is 9.59 Å². The number of nitrogens with two attached hydrogens (primary N) is 1. The highest BCUT2D eigenvalue weighted by molar-refractivity contribution is 6.34. The second kappa shape index (κ2) is 7.28. The number of rotatable bonds is 4. The number of amides is 3.